The van der Waals surface area contributed by atoms with E-state index in [1.165, 1.54) is 11.3 Å². The van der Waals surface area contributed by atoms with Crippen LogP contribution in [0.3, 0.4) is 0 Å². The van der Waals surface area contributed by atoms with Crippen molar-refractivity contribution in [1.29, 1.82) is 0 Å². The average molecular weight is 331 g/mol. The molecule has 1 aromatic heterocycles. The lowest BCUT2D eigenvalue weighted by atomic mass is 9.95. The summed E-state index contributed by atoms with van der Waals surface area (Å²) >= 11 is 1.39. The SMILES string of the molecule is CCCNCc1ccc(S(=O)(=O)N2CCC(C)CC2C)s1. The Labute approximate surface area is 132 Å². The Kier molecular flexibility index (Phi) is 5.82. The molecule has 1 aliphatic heterocycles. The smallest absolute Gasteiger partial charge is 0.252 e. The van der Waals surface area contributed by atoms with Crippen molar-refractivity contribution in [3.63, 3.8) is 0 Å². The van der Waals surface area contributed by atoms with Gasteiger partial charge in [-0.15, -0.1) is 11.3 Å². The number of thiophene rings is 1. The average Bonchev–Trinajstić information content (AvgIpc) is 2.88. The highest BCUT2D eigenvalue weighted by molar-refractivity contribution is 7.91. The van der Waals surface area contributed by atoms with E-state index in [4.69, 9.17) is 0 Å². The van der Waals surface area contributed by atoms with E-state index in [9.17, 15) is 8.42 Å². The van der Waals surface area contributed by atoms with Gasteiger partial charge in [0.05, 0.1) is 0 Å². The third-order valence-electron chi connectivity index (χ3n) is 4.00. The fourth-order valence-electron chi connectivity index (χ4n) is 2.84. The number of hydrogen-bond acceptors (Lipinski definition) is 4. The predicted octanol–water partition coefficient (Wildman–Crippen LogP) is 3.06. The van der Waals surface area contributed by atoms with Crippen LogP contribution in [0, 0.1) is 5.92 Å². The van der Waals surface area contributed by atoms with Crippen molar-refractivity contribution in [2.24, 2.45) is 5.92 Å². The van der Waals surface area contributed by atoms with E-state index in [0.717, 1.165) is 37.2 Å². The summed E-state index contributed by atoms with van der Waals surface area (Å²) in [4.78, 5) is 1.08. The maximum Gasteiger partial charge on any atom is 0.252 e. The molecule has 1 aliphatic rings. The molecule has 2 unspecified atom stereocenters. The molecular formula is C15H26N2O2S2. The summed E-state index contributed by atoms with van der Waals surface area (Å²) in [6, 6.07) is 3.79. The van der Waals surface area contributed by atoms with Crippen LogP contribution in [0.25, 0.3) is 0 Å². The first-order valence-electron chi connectivity index (χ1n) is 7.76. The van der Waals surface area contributed by atoms with Gasteiger partial charge < -0.3 is 5.32 Å². The molecule has 1 aromatic rings. The minimum Gasteiger partial charge on any atom is -0.312 e. The third kappa shape index (κ3) is 4.06. The summed E-state index contributed by atoms with van der Waals surface area (Å²) in [5.41, 5.74) is 0. The molecule has 2 atom stereocenters. The molecule has 4 nitrogen and oxygen atoms in total. The Morgan fingerprint density at radius 3 is 2.81 bits per heavy atom. The quantitative estimate of drug-likeness (QED) is 0.816. The highest BCUT2D eigenvalue weighted by Gasteiger charge is 2.33. The van der Waals surface area contributed by atoms with Crippen molar-refractivity contribution in [1.82, 2.24) is 9.62 Å². The van der Waals surface area contributed by atoms with Crippen LogP contribution in [0.15, 0.2) is 16.3 Å². The molecule has 21 heavy (non-hydrogen) atoms. The van der Waals surface area contributed by atoms with Crippen LogP contribution in [-0.4, -0.2) is 31.9 Å². The molecule has 0 amide bonds. The first-order valence-corrected chi connectivity index (χ1v) is 10.0. The van der Waals surface area contributed by atoms with Gasteiger partial charge in [-0.05, 0) is 50.8 Å². The van der Waals surface area contributed by atoms with Gasteiger partial charge in [-0.25, -0.2) is 8.42 Å². The fraction of sp³-hybridized carbons (Fsp3) is 0.733. The van der Waals surface area contributed by atoms with Crippen molar-refractivity contribution in [3.05, 3.63) is 17.0 Å². The van der Waals surface area contributed by atoms with Crippen molar-refractivity contribution < 1.29 is 8.42 Å². The predicted molar refractivity (Wildman–Crippen MR) is 88.1 cm³/mol. The minimum absolute atomic E-state index is 0.0996. The fourth-order valence-corrected chi connectivity index (χ4v) is 5.95. The molecule has 120 valence electrons. The maximum absolute atomic E-state index is 12.8. The summed E-state index contributed by atoms with van der Waals surface area (Å²) in [5, 5.41) is 3.31. The standard InChI is InChI=1S/C15H26N2O2S2/c1-4-8-16-11-14-5-6-15(20-14)21(18,19)17-9-7-12(2)10-13(17)3/h5-6,12-13,16H,4,7-11H2,1-3H3. The number of sulfonamides is 1. The number of hydrogen-bond donors (Lipinski definition) is 1. The summed E-state index contributed by atoms with van der Waals surface area (Å²) in [6.07, 6.45) is 3.00. The highest BCUT2D eigenvalue weighted by atomic mass is 32.2. The van der Waals surface area contributed by atoms with Crippen LogP contribution in [-0.2, 0) is 16.6 Å². The van der Waals surface area contributed by atoms with Gasteiger partial charge in [-0.3, -0.25) is 0 Å². The first kappa shape index (κ1) is 16.9. The zero-order chi connectivity index (χ0) is 15.5. The Hall–Kier alpha value is -0.430. The van der Waals surface area contributed by atoms with Crippen LogP contribution < -0.4 is 5.32 Å². The molecular weight excluding hydrogens is 304 g/mol. The Morgan fingerprint density at radius 1 is 1.38 bits per heavy atom. The van der Waals surface area contributed by atoms with E-state index >= 15 is 0 Å². The Morgan fingerprint density at radius 2 is 2.14 bits per heavy atom. The van der Waals surface area contributed by atoms with E-state index in [1.54, 1.807) is 10.4 Å². The largest absolute Gasteiger partial charge is 0.312 e. The summed E-state index contributed by atoms with van der Waals surface area (Å²) in [6.45, 7) is 8.69. The molecule has 2 heterocycles. The molecule has 6 heteroatoms. The minimum atomic E-state index is -3.32. The van der Waals surface area contributed by atoms with Crippen LogP contribution in [0.4, 0.5) is 0 Å². The molecule has 0 radical (unpaired) electrons. The Bertz CT molecular complexity index is 554. The zero-order valence-electron chi connectivity index (χ0n) is 13.1. The topological polar surface area (TPSA) is 49.4 Å². The van der Waals surface area contributed by atoms with Gasteiger partial charge in [-0.2, -0.15) is 4.31 Å². The molecule has 0 aromatic carbocycles. The van der Waals surface area contributed by atoms with Gasteiger partial charge in [0.25, 0.3) is 10.0 Å². The summed E-state index contributed by atoms with van der Waals surface area (Å²) in [5.74, 6) is 0.614. The molecule has 2 rings (SSSR count). The van der Waals surface area contributed by atoms with Crippen LogP contribution in [0.1, 0.15) is 44.9 Å². The number of piperidine rings is 1. The van der Waals surface area contributed by atoms with Gasteiger partial charge >= 0.3 is 0 Å². The van der Waals surface area contributed by atoms with Gasteiger partial charge in [-0.1, -0.05) is 13.8 Å². The highest BCUT2D eigenvalue weighted by Crippen LogP contribution is 2.31. The molecule has 0 saturated carbocycles. The van der Waals surface area contributed by atoms with Crippen LogP contribution in [0.5, 0.6) is 0 Å². The van der Waals surface area contributed by atoms with E-state index in [-0.39, 0.29) is 6.04 Å². The van der Waals surface area contributed by atoms with Gasteiger partial charge in [0, 0.05) is 24.0 Å². The lowest BCUT2D eigenvalue weighted by Gasteiger charge is -2.35. The summed E-state index contributed by atoms with van der Waals surface area (Å²) in [7, 11) is -3.32. The number of rotatable bonds is 6. The van der Waals surface area contributed by atoms with Crippen LogP contribution in [0.2, 0.25) is 0 Å². The maximum atomic E-state index is 12.8. The zero-order valence-corrected chi connectivity index (χ0v) is 14.8. The second-order valence-electron chi connectivity index (χ2n) is 5.99. The number of nitrogens with one attached hydrogen (secondary N) is 1. The van der Waals surface area contributed by atoms with Gasteiger partial charge in [0.2, 0.25) is 0 Å². The lowest BCUT2D eigenvalue weighted by Crippen LogP contribution is -2.43. The van der Waals surface area contributed by atoms with Crippen molar-refractivity contribution >= 4 is 21.4 Å². The molecule has 0 aliphatic carbocycles. The normalized spacial score (nSPS) is 24.3. The Balaban J connectivity index is 2.09. The second-order valence-corrected chi connectivity index (χ2v) is 9.28. The second kappa shape index (κ2) is 7.22. The van der Waals surface area contributed by atoms with Gasteiger partial charge in [0.1, 0.15) is 4.21 Å². The van der Waals surface area contributed by atoms with Crippen molar-refractivity contribution in [2.75, 3.05) is 13.1 Å². The van der Waals surface area contributed by atoms with Crippen LogP contribution >= 0.6 is 11.3 Å². The van der Waals surface area contributed by atoms with E-state index in [2.05, 4.69) is 19.2 Å². The third-order valence-corrected chi connectivity index (χ3v) is 7.57. The van der Waals surface area contributed by atoms with Crippen molar-refractivity contribution in [2.45, 2.75) is 56.8 Å². The summed E-state index contributed by atoms with van der Waals surface area (Å²) < 4.78 is 27.7. The first-order chi connectivity index (χ1) is 9.95. The monoisotopic (exact) mass is 330 g/mol. The molecule has 1 saturated heterocycles. The van der Waals surface area contributed by atoms with E-state index in [0.29, 0.717) is 16.7 Å². The molecule has 0 bridgehead atoms. The van der Waals surface area contributed by atoms with E-state index in [1.807, 2.05) is 13.0 Å². The molecule has 0 spiro atoms. The molecule has 1 fully saturated rings. The molecule has 1 N–H and O–H groups in total. The lowest BCUT2D eigenvalue weighted by molar-refractivity contribution is 0.220. The van der Waals surface area contributed by atoms with Crippen molar-refractivity contribution in [3.8, 4) is 0 Å². The number of nitrogens with zero attached hydrogens (tertiary/aromatic N) is 1. The van der Waals surface area contributed by atoms with E-state index < -0.39 is 10.0 Å². The van der Waals surface area contributed by atoms with Gasteiger partial charge in [0.15, 0.2) is 0 Å².